The van der Waals surface area contributed by atoms with E-state index in [0.717, 1.165) is 23.6 Å². The highest BCUT2D eigenvalue weighted by Gasteiger charge is 2.13. The standard InChI is InChI=1S/C7H12Cl2N4/c1-3-12(4-2)7-5-6(8)10-13(9)11-7/h5,10H,3-4H2,1-2H3. The highest BCUT2D eigenvalue weighted by atomic mass is 35.5. The van der Waals surface area contributed by atoms with Crippen LogP contribution in [0.3, 0.4) is 0 Å². The first-order valence-electron chi connectivity index (χ1n) is 4.10. The summed E-state index contributed by atoms with van der Waals surface area (Å²) < 4.78 is 1.08. The van der Waals surface area contributed by atoms with Crippen LogP contribution in [0.25, 0.3) is 0 Å². The topological polar surface area (TPSA) is 30.9 Å². The minimum Gasteiger partial charge on any atom is -0.356 e. The molecule has 1 rings (SSSR count). The fraction of sp³-hybridized carbons (Fsp3) is 0.571. The number of nitrogens with zero attached hydrogens (tertiary/aromatic N) is 3. The van der Waals surface area contributed by atoms with Gasteiger partial charge in [0.2, 0.25) is 0 Å². The van der Waals surface area contributed by atoms with E-state index in [2.05, 4.69) is 15.4 Å². The summed E-state index contributed by atoms with van der Waals surface area (Å²) in [5.74, 6) is 0.767. The van der Waals surface area contributed by atoms with E-state index in [0.29, 0.717) is 5.16 Å². The van der Waals surface area contributed by atoms with E-state index >= 15 is 0 Å². The van der Waals surface area contributed by atoms with E-state index in [4.69, 9.17) is 23.4 Å². The summed E-state index contributed by atoms with van der Waals surface area (Å²) in [4.78, 5) is 2.05. The highest BCUT2D eigenvalue weighted by molar-refractivity contribution is 6.31. The van der Waals surface area contributed by atoms with Crippen molar-refractivity contribution in [2.24, 2.45) is 5.10 Å². The van der Waals surface area contributed by atoms with Crippen LogP contribution < -0.4 is 5.43 Å². The maximum absolute atomic E-state index is 5.78. The van der Waals surface area contributed by atoms with Crippen molar-refractivity contribution < 1.29 is 0 Å². The van der Waals surface area contributed by atoms with Gasteiger partial charge in [0.1, 0.15) is 5.16 Å². The zero-order valence-electron chi connectivity index (χ0n) is 7.59. The van der Waals surface area contributed by atoms with Crippen LogP contribution in [0.2, 0.25) is 0 Å². The molecule has 0 aromatic carbocycles. The second-order valence-corrected chi connectivity index (χ2v) is 3.22. The summed E-state index contributed by atoms with van der Waals surface area (Å²) >= 11 is 11.4. The quantitative estimate of drug-likeness (QED) is 0.571. The summed E-state index contributed by atoms with van der Waals surface area (Å²) in [6.45, 7) is 5.85. The summed E-state index contributed by atoms with van der Waals surface area (Å²) in [7, 11) is 0. The predicted octanol–water partition coefficient (Wildman–Crippen LogP) is 1.70. The van der Waals surface area contributed by atoms with Gasteiger partial charge in [-0.1, -0.05) is 11.6 Å². The molecule has 0 amide bonds. The molecule has 0 spiro atoms. The molecule has 0 saturated carbocycles. The molecule has 1 heterocycles. The summed E-state index contributed by atoms with van der Waals surface area (Å²) in [6.07, 6.45) is 1.74. The van der Waals surface area contributed by atoms with Crippen LogP contribution in [-0.4, -0.2) is 28.5 Å². The Morgan fingerprint density at radius 1 is 1.54 bits per heavy atom. The molecule has 6 heteroatoms. The lowest BCUT2D eigenvalue weighted by Crippen LogP contribution is -2.36. The highest BCUT2D eigenvalue weighted by Crippen LogP contribution is 2.10. The lowest BCUT2D eigenvalue weighted by atomic mass is 10.4. The lowest BCUT2D eigenvalue weighted by Gasteiger charge is -2.25. The number of hydrazone groups is 1. The first-order chi connectivity index (χ1) is 6.17. The number of rotatable bonds is 2. The molecule has 1 aliphatic rings. The SMILES string of the molecule is CCN(CC)C1=NN(Cl)NC(Cl)=C1. The van der Waals surface area contributed by atoms with Crippen molar-refractivity contribution in [2.45, 2.75) is 13.8 Å². The normalized spacial score (nSPS) is 16.2. The largest absolute Gasteiger partial charge is 0.356 e. The Morgan fingerprint density at radius 3 is 2.62 bits per heavy atom. The maximum Gasteiger partial charge on any atom is 0.155 e. The van der Waals surface area contributed by atoms with E-state index < -0.39 is 0 Å². The molecule has 13 heavy (non-hydrogen) atoms. The maximum atomic E-state index is 5.78. The molecule has 0 atom stereocenters. The number of hydrogen-bond donors (Lipinski definition) is 1. The Kier molecular flexibility index (Phi) is 3.69. The smallest absolute Gasteiger partial charge is 0.155 e. The predicted molar refractivity (Wildman–Crippen MR) is 55.1 cm³/mol. The Labute approximate surface area is 87.9 Å². The second-order valence-electron chi connectivity index (χ2n) is 2.49. The molecule has 0 saturated heterocycles. The van der Waals surface area contributed by atoms with Gasteiger partial charge < -0.3 is 4.90 Å². The van der Waals surface area contributed by atoms with E-state index in [-0.39, 0.29) is 0 Å². The van der Waals surface area contributed by atoms with Gasteiger partial charge in [0.25, 0.3) is 0 Å². The van der Waals surface area contributed by atoms with Crippen molar-refractivity contribution in [3.63, 3.8) is 0 Å². The van der Waals surface area contributed by atoms with Crippen LogP contribution >= 0.6 is 23.4 Å². The van der Waals surface area contributed by atoms with Crippen molar-refractivity contribution in [3.8, 4) is 0 Å². The summed E-state index contributed by atoms with van der Waals surface area (Å²) in [6, 6.07) is 0. The van der Waals surface area contributed by atoms with Crippen molar-refractivity contribution in [1.82, 2.24) is 15.0 Å². The van der Waals surface area contributed by atoms with Gasteiger partial charge in [-0.3, -0.25) is 5.43 Å². The molecule has 1 N–H and O–H groups in total. The Bertz CT molecular complexity index is 235. The van der Waals surface area contributed by atoms with E-state index in [1.165, 1.54) is 0 Å². The van der Waals surface area contributed by atoms with Crippen molar-refractivity contribution >= 4 is 29.2 Å². The molecule has 0 unspecified atom stereocenters. The molecule has 4 nitrogen and oxygen atoms in total. The van der Waals surface area contributed by atoms with Crippen LogP contribution in [-0.2, 0) is 0 Å². The molecule has 74 valence electrons. The molecule has 0 aromatic heterocycles. The minimum atomic E-state index is 0.465. The monoisotopic (exact) mass is 222 g/mol. The van der Waals surface area contributed by atoms with Crippen molar-refractivity contribution in [2.75, 3.05) is 13.1 Å². The molecule has 0 fully saturated rings. The second kappa shape index (κ2) is 4.58. The van der Waals surface area contributed by atoms with Gasteiger partial charge in [-0.2, -0.15) is 0 Å². The number of nitrogens with one attached hydrogen (secondary N) is 1. The third kappa shape index (κ3) is 2.67. The zero-order chi connectivity index (χ0) is 9.84. The molecule has 0 bridgehead atoms. The first-order valence-corrected chi connectivity index (χ1v) is 4.82. The molecule has 1 aliphatic heterocycles. The Morgan fingerprint density at radius 2 is 2.15 bits per heavy atom. The first kappa shape index (κ1) is 10.5. The van der Waals surface area contributed by atoms with Gasteiger partial charge in [-0.25, -0.2) is 0 Å². The molecule has 0 aromatic rings. The summed E-state index contributed by atoms with van der Waals surface area (Å²) in [5, 5.41) is 4.51. The fourth-order valence-corrected chi connectivity index (χ4v) is 1.47. The molecule has 0 radical (unpaired) electrons. The van der Waals surface area contributed by atoms with Crippen LogP contribution in [0.15, 0.2) is 16.3 Å². The summed E-state index contributed by atoms with van der Waals surface area (Å²) in [5.41, 5.74) is 2.62. The number of hydrazine groups is 1. The molecular formula is C7H12Cl2N4. The minimum absolute atomic E-state index is 0.465. The number of likely N-dealkylation sites (N-methyl/N-ethyl adjacent to an activating group) is 1. The number of halogens is 2. The third-order valence-electron chi connectivity index (χ3n) is 1.73. The Hall–Kier alpha value is -0.610. The van der Waals surface area contributed by atoms with Crippen LogP contribution in [0.4, 0.5) is 0 Å². The fourth-order valence-electron chi connectivity index (χ4n) is 1.08. The average Bonchev–Trinajstić information content (AvgIpc) is 2.04. The van der Waals surface area contributed by atoms with E-state index in [1.54, 1.807) is 6.08 Å². The van der Waals surface area contributed by atoms with Crippen LogP contribution in [0.1, 0.15) is 13.8 Å². The average molecular weight is 223 g/mol. The van der Waals surface area contributed by atoms with Gasteiger partial charge in [0.05, 0.1) is 11.8 Å². The van der Waals surface area contributed by atoms with Gasteiger partial charge in [-0.05, 0) is 13.8 Å². The Balaban J connectivity index is 2.77. The zero-order valence-corrected chi connectivity index (χ0v) is 9.10. The van der Waals surface area contributed by atoms with Gasteiger partial charge in [-0.15, -0.1) is 9.74 Å². The van der Waals surface area contributed by atoms with Gasteiger partial charge >= 0.3 is 0 Å². The molecule has 0 aliphatic carbocycles. The molecular weight excluding hydrogens is 211 g/mol. The van der Waals surface area contributed by atoms with E-state index in [9.17, 15) is 0 Å². The van der Waals surface area contributed by atoms with Crippen molar-refractivity contribution in [3.05, 3.63) is 11.2 Å². The lowest BCUT2D eigenvalue weighted by molar-refractivity contribution is 0.377. The van der Waals surface area contributed by atoms with E-state index in [1.807, 2.05) is 13.8 Å². The van der Waals surface area contributed by atoms with Crippen LogP contribution in [0, 0.1) is 0 Å². The van der Waals surface area contributed by atoms with Gasteiger partial charge in [0.15, 0.2) is 5.84 Å². The number of amidine groups is 1. The van der Waals surface area contributed by atoms with Crippen molar-refractivity contribution in [1.29, 1.82) is 0 Å². The third-order valence-corrected chi connectivity index (χ3v) is 2.09. The number of hydrogen-bond acceptors (Lipinski definition) is 4. The van der Waals surface area contributed by atoms with Gasteiger partial charge in [0, 0.05) is 19.2 Å². The van der Waals surface area contributed by atoms with Crippen LogP contribution in [0.5, 0.6) is 0 Å².